The molecule has 1 aromatic carbocycles. The van der Waals surface area contributed by atoms with Crippen molar-refractivity contribution in [1.82, 2.24) is 5.16 Å². The maximum Gasteiger partial charge on any atom is 0.280 e. The van der Waals surface area contributed by atoms with Crippen molar-refractivity contribution in [3.8, 4) is 0 Å². The number of carbonyl (C=O) groups is 1. The van der Waals surface area contributed by atoms with Gasteiger partial charge in [0.25, 0.3) is 5.91 Å². The van der Waals surface area contributed by atoms with E-state index in [0.29, 0.717) is 18.1 Å². The molecule has 0 atom stereocenters. The number of benzene rings is 1. The molecule has 0 radical (unpaired) electrons. The zero-order valence-electron chi connectivity index (χ0n) is 13.6. The first kappa shape index (κ1) is 15.6. The minimum Gasteiger partial charge on any atom is -0.360 e. The van der Waals surface area contributed by atoms with Gasteiger partial charge in [-0.3, -0.25) is 4.79 Å². The molecule has 0 spiro atoms. The summed E-state index contributed by atoms with van der Waals surface area (Å²) in [6, 6.07) is 10.2. The van der Waals surface area contributed by atoms with Crippen LogP contribution in [0, 0.1) is 13.8 Å². The highest BCUT2D eigenvalue weighted by Gasteiger charge is 2.23. The van der Waals surface area contributed by atoms with Crippen LogP contribution < -0.4 is 15.1 Å². The van der Waals surface area contributed by atoms with E-state index < -0.39 is 0 Å². The fourth-order valence-electron chi connectivity index (χ4n) is 3.00. The Morgan fingerprint density at radius 1 is 1.30 bits per heavy atom. The average molecular weight is 315 g/mol. The van der Waals surface area contributed by atoms with Crippen molar-refractivity contribution < 1.29 is 14.2 Å². The highest BCUT2D eigenvalue weighted by Crippen LogP contribution is 2.18. The van der Waals surface area contributed by atoms with Crippen LogP contribution in [-0.2, 0) is 4.79 Å². The molecule has 3 rings (SSSR count). The van der Waals surface area contributed by atoms with Gasteiger partial charge >= 0.3 is 0 Å². The number of quaternary nitrogens is 1. The van der Waals surface area contributed by atoms with Gasteiger partial charge in [-0.15, -0.1) is 0 Å². The lowest BCUT2D eigenvalue weighted by atomic mass is 10.1. The SMILES string of the molecule is Cc1cc(NC(=O)C[NH+]2CCN(c3ccccc3C)CC2)no1. The van der Waals surface area contributed by atoms with Gasteiger partial charge in [-0.2, -0.15) is 0 Å². The van der Waals surface area contributed by atoms with Crippen LogP contribution in [0.15, 0.2) is 34.9 Å². The number of nitrogens with zero attached hydrogens (tertiary/aromatic N) is 2. The highest BCUT2D eigenvalue weighted by atomic mass is 16.5. The molecule has 2 aromatic rings. The molecule has 1 aromatic heterocycles. The Labute approximate surface area is 136 Å². The molecule has 0 aliphatic carbocycles. The summed E-state index contributed by atoms with van der Waals surface area (Å²) in [7, 11) is 0. The first-order chi connectivity index (χ1) is 11.1. The second-order valence-electron chi connectivity index (χ2n) is 6.07. The monoisotopic (exact) mass is 315 g/mol. The van der Waals surface area contributed by atoms with E-state index in [1.807, 2.05) is 0 Å². The second kappa shape index (κ2) is 6.83. The zero-order valence-corrected chi connectivity index (χ0v) is 13.6. The summed E-state index contributed by atoms with van der Waals surface area (Å²) < 4.78 is 4.95. The van der Waals surface area contributed by atoms with Crippen molar-refractivity contribution in [3.05, 3.63) is 41.7 Å². The smallest absolute Gasteiger partial charge is 0.280 e. The lowest BCUT2D eigenvalue weighted by Gasteiger charge is -2.34. The summed E-state index contributed by atoms with van der Waals surface area (Å²) in [5.74, 6) is 1.17. The number of hydrogen-bond donors (Lipinski definition) is 2. The summed E-state index contributed by atoms with van der Waals surface area (Å²) in [5, 5.41) is 6.57. The second-order valence-corrected chi connectivity index (χ2v) is 6.07. The summed E-state index contributed by atoms with van der Waals surface area (Å²) in [4.78, 5) is 15.8. The number of rotatable bonds is 4. The number of carbonyl (C=O) groups excluding carboxylic acids is 1. The summed E-state index contributed by atoms with van der Waals surface area (Å²) in [5.41, 5.74) is 2.60. The van der Waals surface area contributed by atoms with Crippen LogP contribution in [0.1, 0.15) is 11.3 Å². The van der Waals surface area contributed by atoms with Gasteiger partial charge in [0.1, 0.15) is 5.76 Å². The van der Waals surface area contributed by atoms with E-state index in [1.54, 1.807) is 13.0 Å². The first-order valence-corrected chi connectivity index (χ1v) is 7.99. The zero-order chi connectivity index (χ0) is 16.2. The maximum atomic E-state index is 12.1. The Bertz CT molecular complexity index is 675. The molecule has 0 bridgehead atoms. The number of amides is 1. The minimum atomic E-state index is -0.0161. The lowest BCUT2D eigenvalue weighted by Crippen LogP contribution is -3.15. The molecular formula is C17H23N4O2+. The number of anilines is 2. The Kier molecular flexibility index (Phi) is 4.62. The van der Waals surface area contributed by atoms with Gasteiger partial charge < -0.3 is 19.6 Å². The molecule has 0 unspecified atom stereocenters. The van der Waals surface area contributed by atoms with Gasteiger partial charge in [0, 0.05) is 11.8 Å². The molecule has 1 saturated heterocycles. The van der Waals surface area contributed by atoms with Gasteiger partial charge in [-0.1, -0.05) is 23.4 Å². The van der Waals surface area contributed by atoms with Crippen molar-refractivity contribution >= 4 is 17.4 Å². The van der Waals surface area contributed by atoms with Gasteiger partial charge in [0.05, 0.1) is 26.2 Å². The van der Waals surface area contributed by atoms with Gasteiger partial charge in [0.15, 0.2) is 12.4 Å². The summed E-state index contributed by atoms with van der Waals surface area (Å²) >= 11 is 0. The van der Waals surface area contributed by atoms with Crippen molar-refractivity contribution in [2.24, 2.45) is 0 Å². The molecule has 1 aliphatic rings. The van der Waals surface area contributed by atoms with E-state index >= 15 is 0 Å². The van der Waals surface area contributed by atoms with Crippen LogP contribution in [0.3, 0.4) is 0 Å². The van der Waals surface area contributed by atoms with Gasteiger partial charge in [-0.25, -0.2) is 0 Å². The van der Waals surface area contributed by atoms with Crippen LogP contribution in [0.2, 0.25) is 0 Å². The predicted octanol–water partition coefficient (Wildman–Crippen LogP) is 0.635. The molecule has 23 heavy (non-hydrogen) atoms. The van der Waals surface area contributed by atoms with Crippen molar-refractivity contribution in [3.63, 3.8) is 0 Å². The molecule has 6 heteroatoms. The molecule has 1 amide bonds. The molecule has 2 heterocycles. The van der Waals surface area contributed by atoms with E-state index in [0.717, 1.165) is 26.2 Å². The Hall–Kier alpha value is -2.34. The third-order valence-corrected chi connectivity index (χ3v) is 4.23. The van der Waals surface area contributed by atoms with E-state index in [1.165, 1.54) is 16.2 Å². The number of aromatic nitrogens is 1. The standard InChI is InChI=1S/C17H22N4O2/c1-13-5-3-4-6-15(13)21-9-7-20(8-10-21)12-17(22)18-16-11-14(2)23-19-16/h3-6,11H,7-10,12H2,1-2H3,(H,18,19,22)/p+1. The fraction of sp³-hybridized carbons (Fsp3) is 0.412. The normalized spacial score (nSPS) is 15.7. The minimum absolute atomic E-state index is 0.0161. The molecular weight excluding hydrogens is 292 g/mol. The third-order valence-electron chi connectivity index (χ3n) is 4.23. The van der Waals surface area contributed by atoms with E-state index in [-0.39, 0.29) is 5.91 Å². The van der Waals surface area contributed by atoms with Gasteiger partial charge in [0.2, 0.25) is 0 Å². The van der Waals surface area contributed by atoms with Crippen molar-refractivity contribution in [2.45, 2.75) is 13.8 Å². The largest absolute Gasteiger partial charge is 0.360 e. The van der Waals surface area contributed by atoms with E-state index in [9.17, 15) is 4.79 Å². The predicted molar refractivity (Wildman–Crippen MR) is 88.8 cm³/mol. The number of hydrogen-bond acceptors (Lipinski definition) is 4. The highest BCUT2D eigenvalue weighted by molar-refractivity contribution is 5.90. The number of nitrogens with one attached hydrogen (secondary N) is 2. The Morgan fingerprint density at radius 3 is 2.70 bits per heavy atom. The molecule has 6 nitrogen and oxygen atoms in total. The van der Waals surface area contributed by atoms with Crippen LogP contribution in [0.25, 0.3) is 0 Å². The van der Waals surface area contributed by atoms with Crippen LogP contribution in [-0.4, -0.2) is 43.8 Å². The lowest BCUT2D eigenvalue weighted by molar-refractivity contribution is -0.892. The topological polar surface area (TPSA) is 62.8 Å². The van der Waals surface area contributed by atoms with E-state index in [2.05, 4.69) is 46.6 Å². The Morgan fingerprint density at radius 2 is 2.04 bits per heavy atom. The molecule has 122 valence electrons. The summed E-state index contributed by atoms with van der Waals surface area (Å²) in [6.07, 6.45) is 0. The Balaban J connectivity index is 1.49. The van der Waals surface area contributed by atoms with Crippen molar-refractivity contribution in [1.29, 1.82) is 0 Å². The van der Waals surface area contributed by atoms with E-state index in [4.69, 9.17) is 4.52 Å². The average Bonchev–Trinajstić information content (AvgIpc) is 2.93. The number of piperazine rings is 1. The third kappa shape index (κ3) is 3.90. The molecule has 0 saturated carbocycles. The quantitative estimate of drug-likeness (QED) is 0.869. The summed E-state index contributed by atoms with van der Waals surface area (Å²) in [6.45, 7) is 8.26. The van der Waals surface area contributed by atoms with Crippen LogP contribution in [0.4, 0.5) is 11.5 Å². The first-order valence-electron chi connectivity index (χ1n) is 7.99. The van der Waals surface area contributed by atoms with Crippen molar-refractivity contribution in [2.75, 3.05) is 42.9 Å². The number of para-hydroxylation sites is 1. The molecule has 1 aliphatic heterocycles. The fourth-order valence-corrected chi connectivity index (χ4v) is 3.00. The van der Waals surface area contributed by atoms with Crippen LogP contribution >= 0.6 is 0 Å². The molecule has 1 fully saturated rings. The number of aryl methyl sites for hydroxylation is 2. The maximum absolute atomic E-state index is 12.1. The molecule has 2 N–H and O–H groups in total. The van der Waals surface area contributed by atoms with Gasteiger partial charge in [-0.05, 0) is 25.5 Å². The van der Waals surface area contributed by atoms with Crippen LogP contribution in [0.5, 0.6) is 0 Å².